The molecule has 0 bridgehead atoms. The van der Waals surface area contributed by atoms with Crippen molar-refractivity contribution >= 4 is 23.1 Å². The van der Waals surface area contributed by atoms with Crippen molar-refractivity contribution in [1.82, 2.24) is 0 Å². The molecular weight excluding hydrogens is 264 g/mol. The van der Waals surface area contributed by atoms with Crippen LogP contribution in [0.5, 0.6) is 0 Å². The minimum atomic E-state index is -0.372. The zero-order valence-corrected chi connectivity index (χ0v) is 11.9. The number of hydrogen-bond acceptors (Lipinski definition) is 5. The molecule has 0 aliphatic carbocycles. The van der Waals surface area contributed by atoms with Gasteiger partial charge in [0.2, 0.25) is 0 Å². The molecule has 1 fully saturated rings. The maximum atomic E-state index is 11.2. The van der Waals surface area contributed by atoms with Crippen LogP contribution in [-0.2, 0) is 6.61 Å². The van der Waals surface area contributed by atoms with E-state index in [4.69, 9.17) is 5.11 Å². The van der Waals surface area contributed by atoms with Crippen LogP contribution in [0.15, 0.2) is 18.2 Å². The molecular formula is C13H18N2O3S. The van der Waals surface area contributed by atoms with Gasteiger partial charge in [0.05, 0.1) is 11.5 Å². The molecule has 1 aliphatic rings. The molecule has 0 unspecified atom stereocenters. The molecule has 2 rings (SSSR count). The Morgan fingerprint density at radius 3 is 2.84 bits per heavy atom. The topological polar surface area (TPSA) is 66.6 Å². The lowest BCUT2D eigenvalue weighted by Gasteiger charge is -2.38. The van der Waals surface area contributed by atoms with Gasteiger partial charge in [-0.25, -0.2) is 0 Å². The van der Waals surface area contributed by atoms with Crippen LogP contribution in [0.2, 0.25) is 0 Å². The van der Waals surface area contributed by atoms with Gasteiger partial charge in [0.25, 0.3) is 5.69 Å². The standard InChI is InChI=1S/C13H18N2O3S/c1-13(2)9-14(5-6-19-13)11-4-3-10(8-16)7-12(11)15(17)18/h3-4,7,16H,5-6,8-9H2,1-2H3. The summed E-state index contributed by atoms with van der Waals surface area (Å²) in [6.45, 7) is 5.72. The Morgan fingerprint density at radius 1 is 1.53 bits per heavy atom. The number of aliphatic hydroxyl groups excluding tert-OH is 1. The number of rotatable bonds is 3. The predicted molar refractivity (Wildman–Crippen MR) is 77.8 cm³/mol. The van der Waals surface area contributed by atoms with Crippen LogP contribution in [0.25, 0.3) is 0 Å². The Kier molecular flexibility index (Phi) is 4.01. The molecule has 104 valence electrons. The minimum absolute atomic E-state index is 0.0780. The highest BCUT2D eigenvalue weighted by Gasteiger charge is 2.30. The van der Waals surface area contributed by atoms with Gasteiger partial charge in [-0.15, -0.1) is 0 Å². The summed E-state index contributed by atoms with van der Waals surface area (Å²) in [7, 11) is 0. The van der Waals surface area contributed by atoms with Crippen LogP contribution in [0.4, 0.5) is 11.4 Å². The van der Waals surface area contributed by atoms with E-state index in [9.17, 15) is 10.1 Å². The molecule has 0 aromatic heterocycles. The Labute approximate surface area is 116 Å². The Hall–Kier alpha value is -1.27. The summed E-state index contributed by atoms with van der Waals surface area (Å²) in [4.78, 5) is 12.9. The SMILES string of the molecule is CC1(C)CN(c2ccc(CO)cc2[N+](=O)[O-])CCS1. The van der Waals surface area contributed by atoms with Crippen molar-refractivity contribution < 1.29 is 10.0 Å². The average Bonchev–Trinajstić information content (AvgIpc) is 2.36. The Bertz CT molecular complexity index is 491. The monoisotopic (exact) mass is 282 g/mol. The molecule has 0 spiro atoms. The third kappa shape index (κ3) is 3.19. The van der Waals surface area contributed by atoms with Crippen molar-refractivity contribution in [2.45, 2.75) is 25.2 Å². The summed E-state index contributed by atoms with van der Waals surface area (Å²) in [5, 5.41) is 20.3. The predicted octanol–water partition coefficient (Wildman–Crippen LogP) is 2.42. The second kappa shape index (κ2) is 5.38. The maximum absolute atomic E-state index is 11.2. The lowest BCUT2D eigenvalue weighted by atomic mass is 10.1. The van der Waals surface area contributed by atoms with Crippen molar-refractivity contribution in [1.29, 1.82) is 0 Å². The van der Waals surface area contributed by atoms with Gasteiger partial charge in [-0.3, -0.25) is 10.1 Å². The smallest absolute Gasteiger partial charge is 0.292 e. The van der Waals surface area contributed by atoms with Crippen molar-refractivity contribution in [2.75, 3.05) is 23.7 Å². The summed E-state index contributed by atoms with van der Waals surface area (Å²) in [6, 6.07) is 4.96. The van der Waals surface area contributed by atoms with E-state index in [1.54, 1.807) is 12.1 Å². The van der Waals surface area contributed by atoms with Gasteiger partial charge >= 0.3 is 0 Å². The molecule has 5 nitrogen and oxygen atoms in total. The summed E-state index contributed by atoms with van der Waals surface area (Å²) in [6.07, 6.45) is 0. The first-order valence-electron chi connectivity index (χ1n) is 6.20. The average molecular weight is 282 g/mol. The number of nitro benzene ring substituents is 1. The zero-order valence-electron chi connectivity index (χ0n) is 11.1. The normalized spacial score (nSPS) is 18.4. The van der Waals surface area contributed by atoms with Gasteiger partial charge in [-0.1, -0.05) is 6.07 Å². The molecule has 1 N–H and O–H groups in total. The van der Waals surface area contributed by atoms with Gasteiger partial charge < -0.3 is 10.0 Å². The fourth-order valence-electron chi connectivity index (χ4n) is 2.30. The number of thioether (sulfide) groups is 1. The Morgan fingerprint density at radius 2 is 2.26 bits per heavy atom. The molecule has 1 heterocycles. The number of aliphatic hydroxyl groups is 1. The molecule has 19 heavy (non-hydrogen) atoms. The van der Waals surface area contributed by atoms with E-state index in [0.29, 0.717) is 11.3 Å². The van der Waals surface area contributed by atoms with Crippen LogP contribution < -0.4 is 4.90 Å². The fourth-order valence-corrected chi connectivity index (χ4v) is 3.41. The van der Waals surface area contributed by atoms with Crippen molar-refractivity contribution in [3.8, 4) is 0 Å². The summed E-state index contributed by atoms with van der Waals surface area (Å²) in [5.41, 5.74) is 1.30. The number of benzene rings is 1. The highest BCUT2D eigenvalue weighted by Crippen LogP contribution is 2.36. The van der Waals surface area contributed by atoms with Gasteiger partial charge in [0, 0.05) is 29.7 Å². The fraction of sp³-hybridized carbons (Fsp3) is 0.538. The first kappa shape index (κ1) is 14.1. The minimum Gasteiger partial charge on any atom is -0.392 e. The van der Waals surface area contributed by atoms with Crippen molar-refractivity contribution in [2.24, 2.45) is 0 Å². The first-order valence-corrected chi connectivity index (χ1v) is 7.18. The van der Waals surface area contributed by atoms with Crippen LogP contribution in [-0.4, -0.2) is 33.6 Å². The molecule has 0 amide bonds. The van der Waals surface area contributed by atoms with Crippen LogP contribution in [0.1, 0.15) is 19.4 Å². The second-order valence-corrected chi connectivity index (χ2v) is 7.07. The lowest BCUT2D eigenvalue weighted by Crippen LogP contribution is -2.43. The number of anilines is 1. The Balaban J connectivity index is 2.35. The van der Waals surface area contributed by atoms with Crippen LogP contribution in [0.3, 0.4) is 0 Å². The third-order valence-corrected chi connectivity index (χ3v) is 4.48. The maximum Gasteiger partial charge on any atom is 0.292 e. The third-order valence-electron chi connectivity index (χ3n) is 3.19. The lowest BCUT2D eigenvalue weighted by molar-refractivity contribution is -0.384. The van der Waals surface area contributed by atoms with Gasteiger partial charge in [0.15, 0.2) is 0 Å². The van der Waals surface area contributed by atoms with E-state index >= 15 is 0 Å². The zero-order chi connectivity index (χ0) is 14.0. The van der Waals surface area contributed by atoms with Crippen LogP contribution in [0, 0.1) is 10.1 Å². The quantitative estimate of drug-likeness (QED) is 0.681. The van der Waals surface area contributed by atoms with E-state index in [1.165, 1.54) is 6.07 Å². The number of nitro groups is 1. The second-order valence-electron chi connectivity index (χ2n) is 5.27. The van der Waals surface area contributed by atoms with Gasteiger partial charge in [-0.2, -0.15) is 11.8 Å². The molecule has 0 atom stereocenters. The van der Waals surface area contributed by atoms with Crippen LogP contribution >= 0.6 is 11.8 Å². The molecule has 1 aromatic carbocycles. The van der Waals surface area contributed by atoms with E-state index in [1.807, 2.05) is 11.8 Å². The van der Waals surface area contributed by atoms with Crippen molar-refractivity contribution in [3.63, 3.8) is 0 Å². The van der Waals surface area contributed by atoms with E-state index in [-0.39, 0.29) is 22.0 Å². The molecule has 1 saturated heterocycles. The largest absolute Gasteiger partial charge is 0.392 e. The summed E-state index contributed by atoms with van der Waals surface area (Å²) < 4.78 is 0.0990. The molecule has 0 saturated carbocycles. The molecule has 0 radical (unpaired) electrons. The van der Waals surface area contributed by atoms with Gasteiger partial charge in [0.1, 0.15) is 5.69 Å². The van der Waals surface area contributed by atoms with E-state index < -0.39 is 0 Å². The first-order chi connectivity index (χ1) is 8.93. The summed E-state index contributed by atoms with van der Waals surface area (Å²) in [5.74, 6) is 0.964. The highest BCUT2D eigenvalue weighted by atomic mass is 32.2. The van der Waals surface area contributed by atoms with Gasteiger partial charge in [-0.05, 0) is 25.5 Å². The number of hydrogen-bond donors (Lipinski definition) is 1. The number of nitrogens with zero attached hydrogens (tertiary/aromatic N) is 2. The van der Waals surface area contributed by atoms with E-state index in [2.05, 4.69) is 18.7 Å². The summed E-state index contributed by atoms with van der Waals surface area (Å²) >= 11 is 1.89. The molecule has 1 aliphatic heterocycles. The molecule has 1 aromatic rings. The highest BCUT2D eigenvalue weighted by molar-refractivity contribution is 8.00. The molecule has 6 heteroatoms. The van der Waals surface area contributed by atoms with Crippen molar-refractivity contribution in [3.05, 3.63) is 33.9 Å². The van der Waals surface area contributed by atoms with E-state index in [0.717, 1.165) is 18.8 Å².